The first-order chi connectivity index (χ1) is 6.29. The molecule has 1 aromatic heterocycles. The third kappa shape index (κ3) is 2.01. The van der Waals surface area contributed by atoms with Crippen molar-refractivity contribution in [3.63, 3.8) is 0 Å². The van der Waals surface area contributed by atoms with Crippen LogP contribution in [0.2, 0.25) is 0 Å². The lowest BCUT2D eigenvalue weighted by molar-refractivity contribution is 0.313. The van der Waals surface area contributed by atoms with Crippen LogP contribution in [0.25, 0.3) is 0 Å². The Morgan fingerprint density at radius 2 is 2.54 bits per heavy atom. The first kappa shape index (κ1) is 8.56. The number of hydrogen-bond donors (Lipinski definition) is 1. The second kappa shape index (κ2) is 3.38. The molecule has 0 spiro atoms. The molecule has 1 fully saturated rings. The maximum absolute atomic E-state index is 5.91. The van der Waals surface area contributed by atoms with Crippen LogP contribution in [0.1, 0.15) is 31.1 Å². The second-order valence-corrected chi connectivity index (χ2v) is 3.56. The van der Waals surface area contributed by atoms with Crippen molar-refractivity contribution in [1.82, 2.24) is 5.16 Å². The molecule has 0 saturated heterocycles. The second-order valence-electron chi connectivity index (χ2n) is 3.56. The Balaban J connectivity index is 1.96. The molecule has 13 heavy (non-hydrogen) atoms. The molecule has 1 aliphatic rings. The fourth-order valence-corrected chi connectivity index (χ4v) is 1.37. The minimum Gasteiger partial charge on any atom is -0.479 e. The Morgan fingerprint density at radius 3 is 3.08 bits per heavy atom. The highest BCUT2D eigenvalue weighted by atomic mass is 16.5. The molecule has 1 aromatic rings. The Kier molecular flexibility index (Phi) is 2.22. The van der Waals surface area contributed by atoms with Gasteiger partial charge < -0.3 is 15.0 Å². The summed E-state index contributed by atoms with van der Waals surface area (Å²) in [5.74, 6) is 2.02. The molecule has 1 unspecified atom stereocenters. The van der Waals surface area contributed by atoms with E-state index in [2.05, 4.69) is 5.16 Å². The van der Waals surface area contributed by atoms with Gasteiger partial charge in [0, 0.05) is 6.07 Å². The van der Waals surface area contributed by atoms with E-state index in [-0.39, 0.29) is 6.04 Å². The van der Waals surface area contributed by atoms with Gasteiger partial charge in [-0.2, -0.15) is 0 Å². The molecule has 0 aliphatic heterocycles. The van der Waals surface area contributed by atoms with Crippen LogP contribution >= 0.6 is 0 Å². The van der Waals surface area contributed by atoms with Crippen LogP contribution in [-0.4, -0.2) is 12.3 Å². The molecule has 72 valence electrons. The topological polar surface area (TPSA) is 61.3 Å². The van der Waals surface area contributed by atoms with Crippen molar-refractivity contribution in [2.45, 2.75) is 25.3 Å². The Labute approximate surface area is 77.0 Å². The quantitative estimate of drug-likeness (QED) is 0.766. The molecule has 2 rings (SSSR count). The van der Waals surface area contributed by atoms with Crippen molar-refractivity contribution in [3.05, 3.63) is 11.8 Å². The molecule has 1 saturated carbocycles. The van der Waals surface area contributed by atoms with Gasteiger partial charge in [0.15, 0.2) is 5.76 Å². The third-order valence-electron chi connectivity index (χ3n) is 2.37. The third-order valence-corrected chi connectivity index (χ3v) is 2.37. The molecule has 1 aliphatic carbocycles. The van der Waals surface area contributed by atoms with Gasteiger partial charge in [-0.25, -0.2) is 0 Å². The van der Waals surface area contributed by atoms with E-state index in [0.29, 0.717) is 5.88 Å². The van der Waals surface area contributed by atoms with Gasteiger partial charge in [-0.1, -0.05) is 12.8 Å². The fraction of sp³-hybridized carbons (Fsp3) is 0.667. The zero-order valence-electron chi connectivity index (χ0n) is 7.69. The summed E-state index contributed by atoms with van der Waals surface area (Å²) in [4.78, 5) is 0. The summed E-state index contributed by atoms with van der Waals surface area (Å²) in [5, 5.41) is 3.71. The monoisotopic (exact) mass is 182 g/mol. The number of nitrogens with two attached hydrogens (primary N) is 1. The largest absolute Gasteiger partial charge is 0.479 e. The first-order valence-electron chi connectivity index (χ1n) is 4.56. The van der Waals surface area contributed by atoms with Crippen molar-refractivity contribution in [2.75, 3.05) is 7.11 Å². The lowest BCUT2D eigenvalue weighted by atomic mass is 10.1. The van der Waals surface area contributed by atoms with Gasteiger partial charge in [0.05, 0.1) is 13.2 Å². The van der Waals surface area contributed by atoms with E-state index in [1.165, 1.54) is 12.8 Å². The normalized spacial score (nSPS) is 18.6. The Bertz CT molecular complexity index is 281. The van der Waals surface area contributed by atoms with Crippen molar-refractivity contribution in [1.29, 1.82) is 0 Å². The van der Waals surface area contributed by atoms with E-state index >= 15 is 0 Å². The minimum atomic E-state index is -0.0242. The summed E-state index contributed by atoms with van der Waals surface area (Å²) < 4.78 is 9.95. The standard InChI is InChI=1S/C9H14N2O2/c1-12-9-5-8(13-11-9)7(10)4-6-2-3-6/h5-7H,2-4,10H2,1H3. The van der Waals surface area contributed by atoms with Crippen LogP contribution in [0.3, 0.4) is 0 Å². The summed E-state index contributed by atoms with van der Waals surface area (Å²) in [6.07, 6.45) is 3.61. The zero-order chi connectivity index (χ0) is 9.26. The molecule has 0 aromatic carbocycles. The van der Waals surface area contributed by atoms with Crippen LogP contribution in [-0.2, 0) is 0 Å². The van der Waals surface area contributed by atoms with E-state index in [1.54, 1.807) is 13.2 Å². The number of methoxy groups -OCH3 is 1. The number of ether oxygens (including phenoxy) is 1. The van der Waals surface area contributed by atoms with Crippen LogP contribution in [0, 0.1) is 5.92 Å². The van der Waals surface area contributed by atoms with Crippen molar-refractivity contribution < 1.29 is 9.26 Å². The molecule has 1 atom stereocenters. The van der Waals surface area contributed by atoms with Crippen LogP contribution in [0.15, 0.2) is 10.6 Å². The van der Waals surface area contributed by atoms with Crippen molar-refractivity contribution in [2.24, 2.45) is 11.7 Å². The van der Waals surface area contributed by atoms with Gasteiger partial charge in [-0.05, 0) is 17.5 Å². The van der Waals surface area contributed by atoms with Crippen LogP contribution in [0.4, 0.5) is 0 Å². The van der Waals surface area contributed by atoms with E-state index in [1.807, 2.05) is 0 Å². The van der Waals surface area contributed by atoms with Crippen LogP contribution in [0.5, 0.6) is 5.88 Å². The molecule has 0 bridgehead atoms. The van der Waals surface area contributed by atoms with Gasteiger partial charge in [0.25, 0.3) is 5.88 Å². The van der Waals surface area contributed by atoms with Gasteiger partial charge in [0.1, 0.15) is 0 Å². The predicted molar refractivity (Wildman–Crippen MR) is 47.3 cm³/mol. The number of nitrogens with zero attached hydrogens (tertiary/aromatic N) is 1. The molecule has 1 heterocycles. The highest BCUT2D eigenvalue weighted by Gasteiger charge is 2.26. The average Bonchev–Trinajstić information content (AvgIpc) is 2.82. The number of hydrogen-bond acceptors (Lipinski definition) is 4. The van der Waals surface area contributed by atoms with Gasteiger partial charge in [-0.15, -0.1) is 0 Å². The van der Waals surface area contributed by atoms with Crippen molar-refractivity contribution >= 4 is 0 Å². The maximum Gasteiger partial charge on any atom is 0.254 e. The minimum absolute atomic E-state index is 0.0242. The fourth-order valence-electron chi connectivity index (χ4n) is 1.37. The lowest BCUT2D eigenvalue weighted by Crippen LogP contribution is -2.09. The average molecular weight is 182 g/mol. The van der Waals surface area contributed by atoms with Gasteiger partial charge >= 0.3 is 0 Å². The smallest absolute Gasteiger partial charge is 0.254 e. The lowest BCUT2D eigenvalue weighted by Gasteiger charge is -2.04. The Morgan fingerprint density at radius 1 is 1.77 bits per heavy atom. The SMILES string of the molecule is COc1cc(C(N)CC2CC2)on1. The molecule has 0 amide bonds. The highest BCUT2D eigenvalue weighted by Crippen LogP contribution is 2.37. The molecule has 4 heteroatoms. The van der Waals surface area contributed by atoms with Crippen molar-refractivity contribution in [3.8, 4) is 5.88 Å². The predicted octanol–water partition coefficient (Wildman–Crippen LogP) is 1.48. The molecular formula is C9H14N2O2. The summed E-state index contributed by atoms with van der Waals surface area (Å²) in [7, 11) is 1.56. The van der Waals surface area contributed by atoms with Gasteiger partial charge in [-0.3, -0.25) is 0 Å². The number of rotatable bonds is 4. The van der Waals surface area contributed by atoms with Gasteiger partial charge in [0.2, 0.25) is 0 Å². The molecule has 4 nitrogen and oxygen atoms in total. The van der Waals surface area contributed by atoms with E-state index in [4.69, 9.17) is 15.0 Å². The van der Waals surface area contributed by atoms with E-state index < -0.39 is 0 Å². The summed E-state index contributed by atoms with van der Waals surface area (Å²) >= 11 is 0. The summed E-state index contributed by atoms with van der Waals surface area (Å²) in [5.41, 5.74) is 5.91. The molecule has 2 N–H and O–H groups in total. The van der Waals surface area contributed by atoms with E-state index in [0.717, 1.165) is 18.1 Å². The highest BCUT2D eigenvalue weighted by molar-refractivity contribution is 5.13. The maximum atomic E-state index is 5.91. The van der Waals surface area contributed by atoms with E-state index in [9.17, 15) is 0 Å². The van der Waals surface area contributed by atoms with Crippen LogP contribution < -0.4 is 10.5 Å². The zero-order valence-corrected chi connectivity index (χ0v) is 7.69. The summed E-state index contributed by atoms with van der Waals surface area (Å²) in [6.45, 7) is 0. The summed E-state index contributed by atoms with van der Waals surface area (Å²) in [6, 6.07) is 1.73. The molecule has 0 radical (unpaired) electrons. The Hall–Kier alpha value is -1.03. The number of aromatic nitrogens is 1. The molecular weight excluding hydrogens is 168 g/mol. The first-order valence-corrected chi connectivity index (χ1v) is 4.56.